The first-order valence-corrected chi connectivity index (χ1v) is 13.5. The van der Waals surface area contributed by atoms with Crippen molar-refractivity contribution < 1.29 is 13.4 Å². The van der Waals surface area contributed by atoms with Crippen LogP contribution in [-0.2, 0) is 13.4 Å². The summed E-state index contributed by atoms with van der Waals surface area (Å²) in [5.41, 5.74) is 2.20. The van der Waals surface area contributed by atoms with E-state index in [4.69, 9.17) is 4.31 Å². The number of anilines is 4. The van der Waals surface area contributed by atoms with Crippen LogP contribution >= 0.6 is 15.3 Å². The van der Waals surface area contributed by atoms with Gasteiger partial charge in [-0.05, 0) is 48.5 Å². The summed E-state index contributed by atoms with van der Waals surface area (Å²) in [5.74, 6) is 0. The molecule has 4 aromatic rings. The van der Waals surface area contributed by atoms with Gasteiger partial charge in [-0.25, -0.2) is 13.4 Å². The Labute approximate surface area is 193 Å². The Bertz CT molecular complexity index is 1050. The van der Waals surface area contributed by atoms with Crippen LogP contribution in [0.1, 0.15) is 0 Å². The standard InChI is InChI=1S/C24H24N4O3P2/c29-32(25-21-13-5-1-6-14-21,26-22-15-7-2-8-16-22)31-33(30,27-23-17-9-3-10-18-23)28-24-19-11-4-12-20-24/h1-20H,(H2,25,26,29)(H2,27,28,30). The molecule has 0 saturated carbocycles. The van der Waals surface area contributed by atoms with Crippen molar-refractivity contribution in [3.63, 3.8) is 0 Å². The number of hydrogen-bond acceptors (Lipinski definition) is 3. The zero-order valence-corrected chi connectivity index (χ0v) is 19.5. The van der Waals surface area contributed by atoms with E-state index in [-0.39, 0.29) is 0 Å². The minimum atomic E-state index is -3.95. The smallest absolute Gasteiger partial charge is 0.298 e. The van der Waals surface area contributed by atoms with Crippen LogP contribution in [0.25, 0.3) is 0 Å². The molecule has 4 rings (SSSR count). The second kappa shape index (κ2) is 10.4. The summed E-state index contributed by atoms with van der Waals surface area (Å²) in [6.07, 6.45) is 0. The van der Waals surface area contributed by atoms with Gasteiger partial charge in [0.25, 0.3) is 0 Å². The molecule has 0 unspecified atom stereocenters. The molecule has 4 aromatic carbocycles. The van der Waals surface area contributed by atoms with Gasteiger partial charge in [0.05, 0.1) is 0 Å². The normalized spacial score (nSPS) is 11.4. The van der Waals surface area contributed by atoms with Crippen LogP contribution in [0.2, 0.25) is 0 Å². The van der Waals surface area contributed by atoms with Crippen molar-refractivity contribution >= 4 is 38.1 Å². The minimum absolute atomic E-state index is 0.551. The molecule has 33 heavy (non-hydrogen) atoms. The maximum atomic E-state index is 14.1. The first-order valence-electron chi connectivity index (χ1n) is 10.3. The highest BCUT2D eigenvalue weighted by atomic mass is 31.3. The zero-order chi connectivity index (χ0) is 23.0. The third kappa shape index (κ3) is 6.74. The summed E-state index contributed by atoms with van der Waals surface area (Å²) in [6, 6.07) is 35.9. The third-order valence-corrected chi connectivity index (χ3v) is 8.48. The predicted molar refractivity (Wildman–Crippen MR) is 137 cm³/mol. The van der Waals surface area contributed by atoms with Gasteiger partial charge in [-0.1, -0.05) is 72.8 Å². The molecule has 9 heteroatoms. The number of hydrogen-bond donors (Lipinski definition) is 4. The Balaban J connectivity index is 1.69. The first kappa shape index (κ1) is 22.7. The molecule has 0 aliphatic carbocycles. The Hall–Kier alpha value is -3.50. The molecule has 0 radical (unpaired) electrons. The lowest BCUT2D eigenvalue weighted by Crippen LogP contribution is -2.15. The van der Waals surface area contributed by atoms with Gasteiger partial charge in [0.15, 0.2) is 0 Å². The molecule has 168 valence electrons. The second-order valence-electron chi connectivity index (χ2n) is 7.10. The largest absolute Gasteiger partial charge is 0.399 e. The fraction of sp³-hybridized carbons (Fsp3) is 0. The van der Waals surface area contributed by atoms with Crippen molar-refractivity contribution in [2.75, 3.05) is 20.3 Å². The van der Waals surface area contributed by atoms with Crippen molar-refractivity contribution in [2.24, 2.45) is 0 Å². The van der Waals surface area contributed by atoms with E-state index < -0.39 is 15.3 Å². The summed E-state index contributed by atoms with van der Waals surface area (Å²) in [7, 11) is -7.89. The summed E-state index contributed by atoms with van der Waals surface area (Å²) < 4.78 is 34.0. The fourth-order valence-corrected chi connectivity index (χ4v) is 7.05. The van der Waals surface area contributed by atoms with E-state index in [1.807, 2.05) is 24.3 Å². The van der Waals surface area contributed by atoms with Crippen LogP contribution in [0.5, 0.6) is 0 Å². The summed E-state index contributed by atoms with van der Waals surface area (Å²) in [4.78, 5) is 0. The van der Waals surface area contributed by atoms with Crippen LogP contribution in [0.15, 0.2) is 121 Å². The van der Waals surface area contributed by atoms with Gasteiger partial charge in [0.1, 0.15) is 0 Å². The molecule has 0 atom stereocenters. The van der Waals surface area contributed by atoms with Crippen LogP contribution < -0.4 is 20.3 Å². The maximum absolute atomic E-state index is 14.1. The van der Waals surface area contributed by atoms with Gasteiger partial charge in [-0.3, -0.25) is 20.3 Å². The van der Waals surface area contributed by atoms with E-state index in [0.29, 0.717) is 22.7 Å². The highest BCUT2D eigenvalue weighted by molar-refractivity contribution is 7.75. The van der Waals surface area contributed by atoms with E-state index in [1.54, 1.807) is 97.1 Å². The van der Waals surface area contributed by atoms with Gasteiger partial charge in [-0.15, -0.1) is 0 Å². The van der Waals surface area contributed by atoms with Crippen molar-refractivity contribution in [1.82, 2.24) is 0 Å². The molecule has 0 aliphatic heterocycles. The van der Waals surface area contributed by atoms with Gasteiger partial charge in [0.2, 0.25) is 0 Å². The molecule has 0 spiro atoms. The SMILES string of the molecule is O=P(Nc1ccccc1)(Nc1ccccc1)OP(=O)(Nc1ccccc1)Nc1ccccc1. The molecule has 0 saturated heterocycles. The van der Waals surface area contributed by atoms with Gasteiger partial charge in [-0.2, -0.15) is 0 Å². The van der Waals surface area contributed by atoms with E-state index in [0.717, 1.165) is 0 Å². The highest BCUT2D eigenvalue weighted by Gasteiger charge is 2.36. The third-order valence-electron chi connectivity index (χ3n) is 4.43. The van der Waals surface area contributed by atoms with Gasteiger partial charge in [0, 0.05) is 22.7 Å². The Morgan fingerprint density at radius 3 is 0.818 bits per heavy atom. The van der Waals surface area contributed by atoms with Gasteiger partial charge >= 0.3 is 15.3 Å². The minimum Gasteiger partial charge on any atom is -0.298 e. The van der Waals surface area contributed by atoms with Crippen LogP contribution in [0.3, 0.4) is 0 Å². The molecule has 0 fully saturated rings. The highest BCUT2D eigenvalue weighted by Crippen LogP contribution is 2.62. The molecule has 0 amide bonds. The monoisotopic (exact) mass is 478 g/mol. The Kier molecular flexibility index (Phi) is 7.16. The average Bonchev–Trinajstić information content (AvgIpc) is 2.81. The van der Waals surface area contributed by atoms with Crippen molar-refractivity contribution in [2.45, 2.75) is 0 Å². The van der Waals surface area contributed by atoms with Gasteiger partial charge < -0.3 is 0 Å². The molecular formula is C24H24N4O3P2. The van der Waals surface area contributed by atoms with Crippen molar-refractivity contribution in [1.29, 1.82) is 0 Å². The molecule has 0 aromatic heterocycles. The molecule has 0 aliphatic rings. The molecule has 4 N–H and O–H groups in total. The first-order chi connectivity index (χ1) is 16.0. The fourth-order valence-electron chi connectivity index (χ4n) is 3.03. The lowest BCUT2D eigenvalue weighted by molar-refractivity contribution is 0.471. The second-order valence-corrected chi connectivity index (χ2v) is 10.8. The number of benzene rings is 4. The van der Waals surface area contributed by atoms with E-state index in [1.165, 1.54) is 0 Å². The van der Waals surface area contributed by atoms with E-state index in [9.17, 15) is 9.13 Å². The number of rotatable bonds is 10. The lowest BCUT2D eigenvalue weighted by Gasteiger charge is -2.28. The maximum Gasteiger partial charge on any atom is 0.399 e. The quantitative estimate of drug-likeness (QED) is 0.174. The molecule has 7 nitrogen and oxygen atoms in total. The van der Waals surface area contributed by atoms with Crippen LogP contribution in [0.4, 0.5) is 22.7 Å². The topological polar surface area (TPSA) is 91.5 Å². The van der Waals surface area contributed by atoms with Crippen molar-refractivity contribution in [3.8, 4) is 0 Å². The summed E-state index contributed by atoms with van der Waals surface area (Å²) in [5, 5.41) is 11.6. The lowest BCUT2D eigenvalue weighted by atomic mass is 10.3. The summed E-state index contributed by atoms with van der Waals surface area (Å²) >= 11 is 0. The molecule has 0 bridgehead atoms. The molecular weight excluding hydrogens is 454 g/mol. The van der Waals surface area contributed by atoms with Crippen molar-refractivity contribution in [3.05, 3.63) is 121 Å². The van der Waals surface area contributed by atoms with E-state index in [2.05, 4.69) is 20.3 Å². The zero-order valence-electron chi connectivity index (χ0n) is 17.7. The number of para-hydroxylation sites is 4. The average molecular weight is 478 g/mol. The van der Waals surface area contributed by atoms with Crippen LogP contribution in [0, 0.1) is 0 Å². The van der Waals surface area contributed by atoms with Crippen LogP contribution in [-0.4, -0.2) is 0 Å². The summed E-state index contributed by atoms with van der Waals surface area (Å²) in [6.45, 7) is 0. The Morgan fingerprint density at radius 1 is 0.394 bits per heavy atom. The Morgan fingerprint density at radius 2 is 0.606 bits per heavy atom. The molecule has 0 heterocycles. The van der Waals surface area contributed by atoms with E-state index >= 15 is 0 Å². The predicted octanol–water partition coefficient (Wildman–Crippen LogP) is 7.67. The number of nitrogens with one attached hydrogen (secondary N) is 4.